The Morgan fingerprint density at radius 2 is 2.08 bits per heavy atom. The summed E-state index contributed by atoms with van der Waals surface area (Å²) in [6, 6.07) is 1.92. The van der Waals surface area contributed by atoms with Gasteiger partial charge in [-0.15, -0.1) is 24.0 Å². The molecule has 1 aromatic rings. The van der Waals surface area contributed by atoms with Crippen molar-refractivity contribution in [2.75, 3.05) is 45.9 Å². The van der Waals surface area contributed by atoms with Gasteiger partial charge < -0.3 is 19.8 Å². The summed E-state index contributed by atoms with van der Waals surface area (Å²) in [6.07, 6.45) is 4.72. The first kappa shape index (κ1) is 23.2. The lowest BCUT2D eigenvalue weighted by Crippen LogP contribution is -2.52. The average Bonchev–Trinajstić information content (AvgIpc) is 3.12. The Hall–Kier alpha value is -0.870. The third kappa shape index (κ3) is 7.79. The number of piperazine rings is 1. The number of aliphatic hydroxyl groups excluding tert-OH is 1. The molecule has 0 spiro atoms. The maximum Gasteiger partial charge on any atom is 0.194 e. The highest BCUT2D eigenvalue weighted by atomic mass is 127. The number of halogens is 1. The van der Waals surface area contributed by atoms with Gasteiger partial charge in [-0.1, -0.05) is 18.5 Å². The van der Waals surface area contributed by atoms with Crippen LogP contribution in [0, 0.1) is 5.92 Å². The van der Waals surface area contributed by atoms with Crippen LogP contribution in [0.3, 0.4) is 0 Å². The lowest BCUT2D eigenvalue weighted by atomic mass is 10.0. The third-order valence-electron chi connectivity index (χ3n) is 4.62. The van der Waals surface area contributed by atoms with Crippen molar-refractivity contribution in [1.82, 2.24) is 20.3 Å². The first-order chi connectivity index (χ1) is 12.3. The largest absolute Gasteiger partial charge is 0.396 e. The summed E-state index contributed by atoms with van der Waals surface area (Å²) in [7, 11) is 0. The van der Waals surface area contributed by atoms with Crippen LogP contribution >= 0.6 is 24.0 Å². The summed E-state index contributed by atoms with van der Waals surface area (Å²) < 4.78 is 4.91. The van der Waals surface area contributed by atoms with Crippen LogP contribution in [0.4, 0.5) is 0 Å². The molecule has 0 aliphatic carbocycles. The van der Waals surface area contributed by atoms with Crippen molar-refractivity contribution in [2.45, 2.75) is 39.7 Å². The van der Waals surface area contributed by atoms with Crippen molar-refractivity contribution >= 4 is 29.9 Å². The van der Waals surface area contributed by atoms with Gasteiger partial charge >= 0.3 is 0 Å². The topological polar surface area (TPSA) is 77.1 Å². The van der Waals surface area contributed by atoms with Gasteiger partial charge in [0.2, 0.25) is 0 Å². The second kappa shape index (κ2) is 13.3. The molecule has 2 rings (SSSR count). The summed E-state index contributed by atoms with van der Waals surface area (Å²) in [5, 5.41) is 16.6. The first-order valence-corrected chi connectivity index (χ1v) is 9.52. The van der Waals surface area contributed by atoms with Crippen LogP contribution in [0.1, 0.15) is 38.8 Å². The van der Waals surface area contributed by atoms with Gasteiger partial charge in [-0.05, 0) is 25.7 Å². The van der Waals surface area contributed by atoms with E-state index in [-0.39, 0.29) is 30.6 Å². The van der Waals surface area contributed by atoms with Crippen molar-refractivity contribution < 1.29 is 9.63 Å². The van der Waals surface area contributed by atoms with Crippen LogP contribution in [0.15, 0.2) is 21.8 Å². The van der Waals surface area contributed by atoms with E-state index in [1.807, 2.05) is 6.07 Å². The van der Waals surface area contributed by atoms with E-state index in [0.717, 1.165) is 76.7 Å². The van der Waals surface area contributed by atoms with Crippen molar-refractivity contribution in [2.24, 2.45) is 10.9 Å². The quantitative estimate of drug-likeness (QED) is 0.321. The Labute approximate surface area is 174 Å². The van der Waals surface area contributed by atoms with Crippen LogP contribution in [0.5, 0.6) is 0 Å². The maximum atomic E-state index is 9.22. The van der Waals surface area contributed by atoms with Gasteiger partial charge in [0.15, 0.2) is 5.96 Å². The molecule has 1 atom stereocenters. The predicted molar refractivity (Wildman–Crippen MR) is 115 cm³/mol. The minimum absolute atomic E-state index is 0. The second-order valence-corrected chi connectivity index (χ2v) is 6.62. The Kier molecular flexibility index (Phi) is 11.9. The Morgan fingerprint density at radius 1 is 1.31 bits per heavy atom. The van der Waals surface area contributed by atoms with Gasteiger partial charge in [0.1, 0.15) is 6.26 Å². The highest BCUT2D eigenvalue weighted by Crippen LogP contribution is 2.12. The van der Waals surface area contributed by atoms with Gasteiger partial charge in [-0.3, -0.25) is 9.89 Å². The Balaban J connectivity index is 0.00000338. The van der Waals surface area contributed by atoms with Crippen LogP contribution in [0.2, 0.25) is 0 Å². The molecule has 0 bridgehead atoms. The van der Waals surface area contributed by atoms with E-state index in [9.17, 15) is 5.11 Å². The summed E-state index contributed by atoms with van der Waals surface area (Å²) in [5.41, 5.74) is 0.987. The van der Waals surface area contributed by atoms with E-state index in [0.29, 0.717) is 5.92 Å². The Bertz CT molecular complexity index is 484. The van der Waals surface area contributed by atoms with Crippen molar-refractivity contribution in [3.8, 4) is 0 Å². The minimum Gasteiger partial charge on any atom is -0.396 e. The fourth-order valence-corrected chi connectivity index (χ4v) is 3.23. The summed E-state index contributed by atoms with van der Waals surface area (Å²) >= 11 is 0. The van der Waals surface area contributed by atoms with E-state index in [4.69, 9.17) is 9.52 Å². The van der Waals surface area contributed by atoms with Crippen molar-refractivity contribution in [1.29, 1.82) is 0 Å². The normalized spacial score (nSPS) is 17.0. The number of aliphatic imine (C=N–C) groups is 1. The zero-order valence-corrected chi connectivity index (χ0v) is 18.4. The van der Waals surface area contributed by atoms with Crippen LogP contribution < -0.4 is 5.32 Å². The monoisotopic (exact) mass is 479 g/mol. The molecule has 1 aliphatic heterocycles. The van der Waals surface area contributed by atoms with Gasteiger partial charge in [0.25, 0.3) is 0 Å². The smallest absolute Gasteiger partial charge is 0.194 e. The second-order valence-electron chi connectivity index (χ2n) is 6.62. The van der Waals surface area contributed by atoms with Gasteiger partial charge in [0.05, 0.1) is 5.69 Å². The number of guanidine groups is 1. The third-order valence-corrected chi connectivity index (χ3v) is 4.62. The molecule has 1 fully saturated rings. The fraction of sp³-hybridized carbons (Fsp3) is 0.778. The summed E-state index contributed by atoms with van der Waals surface area (Å²) in [4.78, 5) is 9.58. The fourth-order valence-electron chi connectivity index (χ4n) is 3.23. The predicted octanol–water partition coefficient (Wildman–Crippen LogP) is 2.17. The number of aliphatic hydroxyl groups is 1. The molecule has 1 saturated heterocycles. The SMILES string of the molecule is CCCC(CCO)CN=C(NCC)N1CCN(Cc2ccon2)CC1.I. The molecule has 8 heteroatoms. The number of nitrogens with one attached hydrogen (secondary N) is 1. The standard InChI is InChI=1S/C18H33N5O2.HI/c1-3-5-16(6-12-24)14-20-18(19-4-2)23-10-8-22(9-11-23)15-17-7-13-25-21-17;/h7,13,16,24H,3-6,8-12,14-15H2,1-2H3,(H,19,20);1H. The van der Waals surface area contributed by atoms with Gasteiger partial charge in [0, 0.05) is 58.5 Å². The van der Waals surface area contributed by atoms with Crippen molar-refractivity contribution in [3.63, 3.8) is 0 Å². The van der Waals surface area contributed by atoms with Gasteiger partial charge in [-0.25, -0.2) is 0 Å². The number of aromatic nitrogens is 1. The highest BCUT2D eigenvalue weighted by Gasteiger charge is 2.20. The average molecular weight is 479 g/mol. The molecule has 150 valence electrons. The molecule has 1 aromatic heterocycles. The summed E-state index contributed by atoms with van der Waals surface area (Å²) in [5.74, 6) is 1.47. The van der Waals surface area contributed by atoms with E-state index in [1.165, 1.54) is 0 Å². The zero-order chi connectivity index (χ0) is 17.9. The minimum atomic E-state index is 0. The number of rotatable bonds is 9. The highest BCUT2D eigenvalue weighted by molar-refractivity contribution is 14.0. The molecule has 7 nitrogen and oxygen atoms in total. The molecule has 0 amide bonds. The molecule has 0 aromatic carbocycles. The first-order valence-electron chi connectivity index (χ1n) is 9.52. The van der Waals surface area contributed by atoms with Crippen molar-refractivity contribution in [3.05, 3.63) is 18.0 Å². The molecule has 1 aliphatic rings. The van der Waals surface area contributed by atoms with Crippen LogP contribution in [0.25, 0.3) is 0 Å². The molecule has 0 saturated carbocycles. The molecule has 2 N–H and O–H groups in total. The molecule has 26 heavy (non-hydrogen) atoms. The van der Waals surface area contributed by atoms with Gasteiger partial charge in [-0.2, -0.15) is 0 Å². The van der Waals surface area contributed by atoms with E-state index in [2.05, 4.69) is 34.1 Å². The molecular weight excluding hydrogens is 445 g/mol. The molecule has 0 radical (unpaired) electrons. The molecule has 2 heterocycles. The number of nitrogens with zero attached hydrogens (tertiary/aromatic N) is 4. The molecule has 1 unspecified atom stereocenters. The van der Waals surface area contributed by atoms with E-state index >= 15 is 0 Å². The summed E-state index contributed by atoms with van der Waals surface area (Å²) in [6.45, 7) is 10.9. The number of hydrogen-bond donors (Lipinski definition) is 2. The van der Waals surface area contributed by atoms with E-state index in [1.54, 1.807) is 6.26 Å². The van der Waals surface area contributed by atoms with E-state index < -0.39 is 0 Å². The molecular formula is C18H34IN5O2. The number of hydrogen-bond acceptors (Lipinski definition) is 5. The maximum absolute atomic E-state index is 9.22. The zero-order valence-electron chi connectivity index (χ0n) is 16.1. The lowest BCUT2D eigenvalue weighted by Gasteiger charge is -2.36. The van der Waals surface area contributed by atoms with Crippen LogP contribution in [-0.4, -0.2) is 71.9 Å². The van der Waals surface area contributed by atoms with Crippen LogP contribution in [-0.2, 0) is 6.54 Å². The lowest BCUT2D eigenvalue weighted by molar-refractivity contribution is 0.168. The Morgan fingerprint density at radius 3 is 2.65 bits per heavy atom.